The fourth-order valence-electron chi connectivity index (χ4n) is 4.95. The van der Waals surface area contributed by atoms with E-state index >= 15 is 0 Å². The Morgan fingerprint density at radius 1 is 0.774 bits per heavy atom. The van der Waals surface area contributed by atoms with Crippen LogP contribution in [-0.4, -0.2) is 34.7 Å². The molecule has 0 aromatic heterocycles. The van der Waals surface area contributed by atoms with Crippen LogP contribution >= 0.6 is 0 Å². The van der Waals surface area contributed by atoms with E-state index in [1.54, 1.807) is 0 Å². The van der Waals surface area contributed by atoms with Crippen molar-refractivity contribution in [3.05, 3.63) is 108 Å². The zero-order chi connectivity index (χ0) is 21.5. The molecule has 0 bridgehead atoms. The number of hydrogen-bond donors (Lipinski definition) is 2. The standard InChI is InChI=1S/C28H33NO2/c30-27(23-11-4-1-5-12-23)17-10-20-29-21-18-26(19-22-29)28(31,24-13-6-2-7-14-24)25-15-8-3-9-16-25/h1-9,11-16,26-27,30-31H,10,17-22H2/t27-/m1/s1. The van der Waals surface area contributed by atoms with Crippen LogP contribution in [0.15, 0.2) is 91.0 Å². The normalized spacial score (nSPS) is 16.8. The first kappa shape index (κ1) is 21.8. The maximum Gasteiger partial charge on any atom is 0.117 e. The van der Waals surface area contributed by atoms with Crippen molar-refractivity contribution in [1.82, 2.24) is 4.90 Å². The Labute approximate surface area is 186 Å². The Morgan fingerprint density at radius 3 is 1.77 bits per heavy atom. The summed E-state index contributed by atoms with van der Waals surface area (Å²) in [6, 6.07) is 30.1. The van der Waals surface area contributed by atoms with Gasteiger partial charge in [0.1, 0.15) is 5.60 Å². The summed E-state index contributed by atoms with van der Waals surface area (Å²) < 4.78 is 0. The molecule has 162 valence electrons. The van der Waals surface area contributed by atoms with Crippen molar-refractivity contribution in [2.24, 2.45) is 5.92 Å². The van der Waals surface area contributed by atoms with Crippen LogP contribution in [0.4, 0.5) is 0 Å². The van der Waals surface area contributed by atoms with Gasteiger partial charge in [-0.3, -0.25) is 0 Å². The van der Waals surface area contributed by atoms with Crippen LogP contribution in [0, 0.1) is 5.92 Å². The zero-order valence-electron chi connectivity index (χ0n) is 18.1. The van der Waals surface area contributed by atoms with E-state index < -0.39 is 5.60 Å². The summed E-state index contributed by atoms with van der Waals surface area (Å²) in [7, 11) is 0. The summed E-state index contributed by atoms with van der Waals surface area (Å²) in [4.78, 5) is 2.48. The van der Waals surface area contributed by atoms with Crippen LogP contribution in [0.3, 0.4) is 0 Å². The number of hydrogen-bond acceptors (Lipinski definition) is 3. The molecule has 1 fully saturated rings. The number of rotatable bonds is 8. The second-order valence-electron chi connectivity index (χ2n) is 8.68. The second-order valence-corrected chi connectivity index (χ2v) is 8.68. The van der Waals surface area contributed by atoms with Gasteiger partial charge < -0.3 is 15.1 Å². The van der Waals surface area contributed by atoms with Crippen molar-refractivity contribution in [2.45, 2.75) is 37.4 Å². The van der Waals surface area contributed by atoms with Gasteiger partial charge in [-0.15, -0.1) is 0 Å². The van der Waals surface area contributed by atoms with E-state index in [-0.39, 0.29) is 12.0 Å². The SMILES string of the molecule is O[C@H](CCCN1CCC(C(O)(c2ccccc2)c2ccccc2)CC1)c1ccccc1. The molecule has 1 heterocycles. The molecule has 31 heavy (non-hydrogen) atoms. The molecule has 0 radical (unpaired) electrons. The van der Waals surface area contributed by atoms with E-state index in [1.807, 2.05) is 91.0 Å². The van der Waals surface area contributed by atoms with Gasteiger partial charge in [0.2, 0.25) is 0 Å². The fourth-order valence-corrected chi connectivity index (χ4v) is 4.95. The molecular formula is C28H33NO2. The van der Waals surface area contributed by atoms with Crippen LogP contribution in [0.25, 0.3) is 0 Å². The lowest BCUT2D eigenvalue weighted by Crippen LogP contribution is -2.44. The Hall–Kier alpha value is -2.46. The van der Waals surface area contributed by atoms with E-state index in [2.05, 4.69) is 4.90 Å². The first-order chi connectivity index (χ1) is 15.2. The molecule has 1 saturated heterocycles. The molecule has 0 saturated carbocycles. The van der Waals surface area contributed by atoms with Crippen molar-refractivity contribution in [3.63, 3.8) is 0 Å². The molecule has 3 aromatic carbocycles. The van der Waals surface area contributed by atoms with E-state index in [9.17, 15) is 10.2 Å². The van der Waals surface area contributed by atoms with Gasteiger partial charge in [0.15, 0.2) is 0 Å². The summed E-state index contributed by atoms with van der Waals surface area (Å²) in [5.41, 5.74) is 1.99. The predicted octanol–water partition coefficient (Wildman–Crippen LogP) is 5.15. The highest BCUT2D eigenvalue weighted by Gasteiger charge is 2.41. The lowest BCUT2D eigenvalue weighted by molar-refractivity contribution is -0.0146. The van der Waals surface area contributed by atoms with E-state index in [1.165, 1.54) is 0 Å². The minimum atomic E-state index is -0.960. The van der Waals surface area contributed by atoms with Crippen molar-refractivity contribution < 1.29 is 10.2 Å². The molecule has 4 rings (SSSR count). The van der Waals surface area contributed by atoms with Crippen LogP contribution in [0.1, 0.15) is 48.5 Å². The Kier molecular flexibility index (Phi) is 7.18. The smallest absolute Gasteiger partial charge is 0.117 e. The highest BCUT2D eigenvalue weighted by atomic mass is 16.3. The van der Waals surface area contributed by atoms with Crippen LogP contribution in [0.5, 0.6) is 0 Å². The monoisotopic (exact) mass is 415 g/mol. The minimum Gasteiger partial charge on any atom is -0.388 e. The van der Waals surface area contributed by atoms with Crippen molar-refractivity contribution in [3.8, 4) is 0 Å². The van der Waals surface area contributed by atoms with Gasteiger partial charge in [0.25, 0.3) is 0 Å². The molecule has 1 aliphatic heterocycles. The summed E-state index contributed by atoms with van der Waals surface area (Å²) in [5, 5.41) is 22.4. The third-order valence-electron chi connectivity index (χ3n) is 6.74. The molecule has 0 spiro atoms. The molecule has 0 unspecified atom stereocenters. The Bertz CT molecular complexity index is 866. The number of nitrogens with zero attached hydrogens (tertiary/aromatic N) is 1. The largest absolute Gasteiger partial charge is 0.388 e. The van der Waals surface area contributed by atoms with E-state index in [0.29, 0.717) is 0 Å². The first-order valence-corrected chi connectivity index (χ1v) is 11.5. The van der Waals surface area contributed by atoms with Crippen LogP contribution in [-0.2, 0) is 5.60 Å². The average molecular weight is 416 g/mol. The molecule has 0 aliphatic carbocycles. The molecule has 1 aliphatic rings. The summed E-state index contributed by atoms with van der Waals surface area (Å²) in [6.07, 6.45) is 3.29. The third kappa shape index (κ3) is 5.07. The second kappa shape index (κ2) is 10.2. The zero-order valence-corrected chi connectivity index (χ0v) is 18.1. The molecular weight excluding hydrogens is 382 g/mol. The van der Waals surface area contributed by atoms with Gasteiger partial charge in [-0.25, -0.2) is 0 Å². The fraction of sp³-hybridized carbons (Fsp3) is 0.357. The van der Waals surface area contributed by atoms with Gasteiger partial charge in [0.05, 0.1) is 6.10 Å². The average Bonchev–Trinajstić information content (AvgIpc) is 2.85. The number of likely N-dealkylation sites (tertiary alicyclic amines) is 1. The molecule has 3 heteroatoms. The quantitative estimate of drug-likeness (QED) is 0.535. The molecule has 3 aromatic rings. The number of aliphatic hydroxyl groups excluding tert-OH is 1. The molecule has 0 amide bonds. The van der Waals surface area contributed by atoms with Gasteiger partial charge in [-0.2, -0.15) is 0 Å². The van der Waals surface area contributed by atoms with E-state index in [0.717, 1.165) is 62.0 Å². The maximum atomic E-state index is 12.0. The van der Waals surface area contributed by atoms with Gasteiger partial charge >= 0.3 is 0 Å². The summed E-state index contributed by atoms with van der Waals surface area (Å²) in [6.45, 7) is 2.95. The van der Waals surface area contributed by atoms with Crippen LogP contribution in [0.2, 0.25) is 0 Å². The first-order valence-electron chi connectivity index (χ1n) is 11.5. The number of piperidine rings is 1. The van der Waals surface area contributed by atoms with Crippen LogP contribution < -0.4 is 0 Å². The van der Waals surface area contributed by atoms with E-state index in [4.69, 9.17) is 0 Å². The Balaban J connectivity index is 1.36. The lowest BCUT2D eigenvalue weighted by Gasteiger charge is -2.42. The lowest BCUT2D eigenvalue weighted by atomic mass is 9.72. The molecule has 3 nitrogen and oxygen atoms in total. The number of benzene rings is 3. The molecule has 2 N–H and O–H groups in total. The highest BCUT2D eigenvalue weighted by molar-refractivity contribution is 5.37. The molecule has 1 atom stereocenters. The van der Waals surface area contributed by atoms with Crippen molar-refractivity contribution in [1.29, 1.82) is 0 Å². The van der Waals surface area contributed by atoms with Crippen molar-refractivity contribution in [2.75, 3.05) is 19.6 Å². The summed E-state index contributed by atoms with van der Waals surface area (Å²) in [5.74, 6) is 0.184. The predicted molar refractivity (Wildman–Crippen MR) is 126 cm³/mol. The van der Waals surface area contributed by atoms with Gasteiger partial charge in [0, 0.05) is 0 Å². The minimum absolute atomic E-state index is 0.184. The van der Waals surface area contributed by atoms with Gasteiger partial charge in [-0.05, 0) is 67.9 Å². The Morgan fingerprint density at radius 2 is 1.26 bits per heavy atom. The third-order valence-corrected chi connectivity index (χ3v) is 6.74. The summed E-state index contributed by atoms with van der Waals surface area (Å²) >= 11 is 0. The maximum absolute atomic E-state index is 12.0. The van der Waals surface area contributed by atoms with Crippen molar-refractivity contribution >= 4 is 0 Å². The highest BCUT2D eigenvalue weighted by Crippen LogP contribution is 2.41. The van der Waals surface area contributed by atoms with Gasteiger partial charge in [-0.1, -0.05) is 91.0 Å². The topological polar surface area (TPSA) is 43.7 Å². The number of aliphatic hydroxyl groups is 2.